The molecule has 0 unspecified atom stereocenters. The van der Waals surface area contributed by atoms with Crippen molar-refractivity contribution in [1.29, 1.82) is 0 Å². The Balaban J connectivity index is 1.84. The number of ether oxygens (including phenoxy) is 2. The summed E-state index contributed by atoms with van der Waals surface area (Å²) in [4.78, 5) is 23.3. The van der Waals surface area contributed by atoms with Crippen LogP contribution >= 0.6 is 0 Å². The van der Waals surface area contributed by atoms with E-state index >= 15 is 0 Å². The maximum absolute atomic E-state index is 12.5. The van der Waals surface area contributed by atoms with Crippen LogP contribution in [-0.4, -0.2) is 23.7 Å². The van der Waals surface area contributed by atoms with Gasteiger partial charge in [0.1, 0.15) is 12.4 Å². The molecule has 5 heteroatoms. The van der Waals surface area contributed by atoms with Crippen molar-refractivity contribution in [3.8, 4) is 16.9 Å². The largest absolute Gasteiger partial charge is 0.482 e. The van der Waals surface area contributed by atoms with Crippen LogP contribution in [-0.2, 0) is 16.1 Å². The minimum atomic E-state index is -1.09. The van der Waals surface area contributed by atoms with Gasteiger partial charge in [0, 0.05) is 0 Å². The number of aliphatic carboxylic acids is 1. The minimum absolute atomic E-state index is 0.153. The van der Waals surface area contributed by atoms with Gasteiger partial charge in [-0.15, -0.1) is 0 Å². The number of carboxylic acid groups (broad SMARTS) is 1. The number of benzene rings is 3. The van der Waals surface area contributed by atoms with Gasteiger partial charge in [-0.05, 0) is 34.9 Å². The van der Waals surface area contributed by atoms with Crippen LogP contribution in [0.1, 0.15) is 15.9 Å². The zero-order chi connectivity index (χ0) is 19.1. The van der Waals surface area contributed by atoms with E-state index in [1.807, 2.05) is 60.7 Å². The predicted octanol–water partition coefficient (Wildman–Crippen LogP) is 4.17. The van der Waals surface area contributed by atoms with Crippen molar-refractivity contribution in [3.63, 3.8) is 0 Å². The van der Waals surface area contributed by atoms with Crippen LogP contribution in [0.5, 0.6) is 5.75 Å². The number of carbonyl (C=O) groups excluding carboxylic acids is 1. The van der Waals surface area contributed by atoms with E-state index in [9.17, 15) is 9.59 Å². The summed E-state index contributed by atoms with van der Waals surface area (Å²) in [5.74, 6) is -1.30. The van der Waals surface area contributed by atoms with Crippen molar-refractivity contribution in [2.45, 2.75) is 6.61 Å². The molecule has 5 nitrogen and oxygen atoms in total. The summed E-state index contributed by atoms with van der Waals surface area (Å²) in [7, 11) is 0. The lowest BCUT2D eigenvalue weighted by Crippen LogP contribution is -2.11. The Morgan fingerprint density at radius 1 is 0.815 bits per heavy atom. The molecule has 0 fully saturated rings. The second-order valence-corrected chi connectivity index (χ2v) is 5.86. The highest BCUT2D eigenvalue weighted by Gasteiger charge is 2.13. The normalized spacial score (nSPS) is 10.2. The maximum atomic E-state index is 12.5. The van der Waals surface area contributed by atoms with E-state index < -0.39 is 18.5 Å². The summed E-state index contributed by atoms with van der Waals surface area (Å²) in [6, 6.07) is 23.7. The van der Waals surface area contributed by atoms with E-state index in [0.29, 0.717) is 11.3 Å². The fourth-order valence-electron chi connectivity index (χ4n) is 2.55. The summed E-state index contributed by atoms with van der Waals surface area (Å²) >= 11 is 0. The van der Waals surface area contributed by atoms with Gasteiger partial charge in [-0.25, -0.2) is 9.59 Å². The van der Waals surface area contributed by atoms with Crippen molar-refractivity contribution >= 4 is 11.9 Å². The van der Waals surface area contributed by atoms with Gasteiger partial charge < -0.3 is 14.6 Å². The molecule has 0 amide bonds. The number of rotatable bonds is 7. The lowest BCUT2D eigenvalue weighted by Gasteiger charge is -2.11. The van der Waals surface area contributed by atoms with Gasteiger partial charge in [-0.2, -0.15) is 0 Å². The molecule has 3 aromatic rings. The molecule has 0 saturated heterocycles. The van der Waals surface area contributed by atoms with Crippen LogP contribution in [0, 0.1) is 0 Å². The Labute approximate surface area is 156 Å². The van der Waals surface area contributed by atoms with Gasteiger partial charge in [0.25, 0.3) is 0 Å². The van der Waals surface area contributed by atoms with Crippen LogP contribution in [0.3, 0.4) is 0 Å². The van der Waals surface area contributed by atoms with Crippen LogP contribution in [0.25, 0.3) is 11.1 Å². The summed E-state index contributed by atoms with van der Waals surface area (Å²) in [5, 5.41) is 8.83. The molecule has 0 bridgehead atoms. The third kappa shape index (κ3) is 5.19. The minimum Gasteiger partial charge on any atom is -0.482 e. The van der Waals surface area contributed by atoms with Crippen molar-refractivity contribution < 1.29 is 24.2 Å². The summed E-state index contributed by atoms with van der Waals surface area (Å²) < 4.78 is 10.7. The van der Waals surface area contributed by atoms with Crippen LogP contribution in [0.15, 0.2) is 78.9 Å². The molecule has 0 radical (unpaired) electrons. The van der Waals surface area contributed by atoms with Gasteiger partial charge in [0.2, 0.25) is 0 Å². The van der Waals surface area contributed by atoms with E-state index in [2.05, 4.69) is 0 Å². The molecule has 0 aliphatic heterocycles. The standard InChI is InChI=1S/C22H18O5/c23-21(24)15-26-20-12-18(17-9-5-2-6-10-17)11-19(13-20)22(25)27-14-16-7-3-1-4-8-16/h1-13H,14-15H2,(H,23,24). The Morgan fingerprint density at radius 3 is 2.15 bits per heavy atom. The van der Waals surface area contributed by atoms with E-state index in [-0.39, 0.29) is 6.61 Å². The molecular formula is C22H18O5. The molecule has 27 heavy (non-hydrogen) atoms. The zero-order valence-corrected chi connectivity index (χ0v) is 14.5. The summed E-state index contributed by atoms with van der Waals surface area (Å²) in [6.07, 6.45) is 0. The SMILES string of the molecule is O=C(O)COc1cc(C(=O)OCc2ccccc2)cc(-c2ccccc2)c1. The maximum Gasteiger partial charge on any atom is 0.341 e. The molecule has 0 spiro atoms. The molecule has 0 atom stereocenters. The molecule has 1 N–H and O–H groups in total. The van der Waals surface area contributed by atoms with E-state index in [1.165, 1.54) is 6.07 Å². The Hall–Kier alpha value is -3.60. The predicted molar refractivity (Wildman–Crippen MR) is 101 cm³/mol. The average molecular weight is 362 g/mol. The van der Waals surface area contributed by atoms with E-state index in [0.717, 1.165) is 16.7 Å². The lowest BCUT2D eigenvalue weighted by atomic mass is 10.0. The first-order valence-corrected chi connectivity index (χ1v) is 8.38. The van der Waals surface area contributed by atoms with Gasteiger partial charge in [0.05, 0.1) is 5.56 Å². The molecule has 0 aliphatic carbocycles. The first kappa shape index (κ1) is 18.2. The Bertz CT molecular complexity index is 920. The number of carbonyl (C=O) groups is 2. The molecule has 3 rings (SSSR count). The second kappa shape index (κ2) is 8.67. The van der Waals surface area contributed by atoms with Crippen LogP contribution in [0.2, 0.25) is 0 Å². The van der Waals surface area contributed by atoms with E-state index in [1.54, 1.807) is 12.1 Å². The monoisotopic (exact) mass is 362 g/mol. The molecule has 136 valence electrons. The third-order valence-electron chi connectivity index (χ3n) is 3.82. The fraction of sp³-hybridized carbons (Fsp3) is 0.0909. The number of hydrogen-bond acceptors (Lipinski definition) is 4. The van der Waals surface area contributed by atoms with Crippen molar-refractivity contribution in [2.24, 2.45) is 0 Å². The first-order chi connectivity index (χ1) is 13.1. The van der Waals surface area contributed by atoms with Crippen molar-refractivity contribution in [1.82, 2.24) is 0 Å². The van der Waals surface area contributed by atoms with Gasteiger partial charge in [0.15, 0.2) is 6.61 Å². The summed E-state index contributed by atoms with van der Waals surface area (Å²) in [5.41, 5.74) is 2.81. The zero-order valence-electron chi connectivity index (χ0n) is 14.5. The van der Waals surface area contributed by atoms with Crippen LogP contribution < -0.4 is 4.74 Å². The average Bonchev–Trinajstić information content (AvgIpc) is 2.71. The van der Waals surface area contributed by atoms with Crippen molar-refractivity contribution in [3.05, 3.63) is 90.0 Å². The topological polar surface area (TPSA) is 72.8 Å². The van der Waals surface area contributed by atoms with Gasteiger partial charge >= 0.3 is 11.9 Å². The lowest BCUT2D eigenvalue weighted by molar-refractivity contribution is -0.139. The van der Waals surface area contributed by atoms with Crippen molar-refractivity contribution in [2.75, 3.05) is 6.61 Å². The molecule has 0 saturated carbocycles. The smallest absolute Gasteiger partial charge is 0.341 e. The molecule has 0 heterocycles. The quantitative estimate of drug-likeness (QED) is 0.639. The number of esters is 1. The highest BCUT2D eigenvalue weighted by atomic mass is 16.5. The first-order valence-electron chi connectivity index (χ1n) is 8.38. The number of hydrogen-bond donors (Lipinski definition) is 1. The second-order valence-electron chi connectivity index (χ2n) is 5.86. The molecule has 3 aromatic carbocycles. The highest BCUT2D eigenvalue weighted by molar-refractivity contribution is 5.92. The van der Waals surface area contributed by atoms with Gasteiger partial charge in [-0.1, -0.05) is 60.7 Å². The fourth-order valence-corrected chi connectivity index (χ4v) is 2.55. The molecular weight excluding hydrogens is 344 g/mol. The van der Waals surface area contributed by atoms with Gasteiger partial charge in [-0.3, -0.25) is 0 Å². The Kier molecular flexibility index (Phi) is 5.84. The molecule has 0 aromatic heterocycles. The van der Waals surface area contributed by atoms with Crippen LogP contribution in [0.4, 0.5) is 0 Å². The highest BCUT2D eigenvalue weighted by Crippen LogP contribution is 2.27. The third-order valence-corrected chi connectivity index (χ3v) is 3.82. The molecule has 0 aliphatic rings. The number of carboxylic acids is 1. The summed E-state index contributed by atoms with van der Waals surface area (Å²) in [6.45, 7) is -0.336. The van der Waals surface area contributed by atoms with E-state index in [4.69, 9.17) is 14.6 Å². The Morgan fingerprint density at radius 2 is 1.48 bits per heavy atom.